The van der Waals surface area contributed by atoms with E-state index in [0.717, 1.165) is 39.0 Å². The lowest BCUT2D eigenvalue weighted by Crippen LogP contribution is -2.25. The average molecular weight is 273 g/mol. The average Bonchev–Trinajstić information content (AvgIpc) is 3.03. The Labute approximate surface area is 120 Å². The zero-order valence-electron chi connectivity index (χ0n) is 12.3. The molecule has 0 aromatic carbocycles. The van der Waals surface area contributed by atoms with Crippen molar-refractivity contribution in [3.63, 3.8) is 0 Å². The smallest absolute Gasteiger partial charge is 0.109 e. The van der Waals surface area contributed by atoms with Crippen LogP contribution in [0.2, 0.25) is 0 Å². The van der Waals surface area contributed by atoms with E-state index in [1.54, 1.807) is 0 Å². The van der Waals surface area contributed by atoms with E-state index in [0.29, 0.717) is 5.92 Å². The summed E-state index contributed by atoms with van der Waals surface area (Å²) in [5, 5.41) is 3.41. The van der Waals surface area contributed by atoms with Crippen molar-refractivity contribution in [3.8, 4) is 0 Å². The van der Waals surface area contributed by atoms with Gasteiger partial charge in [0.15, 0.2) is 0 Å². The third kappa shape index (κ3) is 2.77. The van der Waals surface area contributed by atoms with Gasteiger partial charge in [0.05, 0.1) is 12.0 Å². The SMILES string of the molecule is CC(C)Cc1nc2c(n1CCn1ccnc1)CCNC2. The van der Waals surface area contributed by atoms with Crippen LogP contribution < -0.4 is 5.32 Å². The van der Waals surface area contributed by atoms with E-state index >= 15 is 0 Å². The molecule has 1 aliphatic rings. The van der Waals surface area contributed by atoms with Crippen molar-refractivity contribution < 1.29 is 0 Å². The number of fused-ring (bicyclic) bond motifs is 1. The van der Waals surface area contributed by atoms with Crippen molar-refractivity contribution in [2.45, 2.75) is 46.3 Å². The highest BCUT2D eigenvalue weighted by Crippen LogP contribution is 2.18. The van der Waals surface area contributed by atoms with Crippen molar-refractivity contribution in [1.82, 2.24) is 24.4 Å². The summed E-state index contributed by atoms with van der Waals surface area (Å²) in [5.74, 6) is 1.88. The van der Waals surface area contributed by atoms with Crippen molar-refractivity contribution in [3.05, 3.63) is 35.9 Å². The first-order valence-corrected chi connectivity index (χ1v) is 7.47. The van der Waals surface area contributed by atoms with E-state index in [-0.39, 0.29) is 0 Å². The predicted molar refractivity (Wildman–Crippen MR) is 78.4 cm³/mol. The summed E-state index contributed by atoms with van der Waals surface area (Å²) >= 11 is 0. The Balaban J connectivity index is 1.83. The van der Waals surface area contributed by atoms with Gasteiger partial charge in [0, 0.05) is 57.1 Å². The van der Waals surface area contributed by atoms with Gasteiger partial charge in [-0.1, -0.05) is 13.8 Å². The maximum absolute atomic E-state index is 4.87. The summed E-state index contributed by atoms with van der Waals surface area (Å²) in [6, 6.07) is 0. The minimum atomic E-state index is 0.638. The Hall–Kier alpha value is -1.62. The van der Waals surface area contributed by atoms with Crippen LogP contribution in [0.3, 0.4) is 0 Å². The Morgan fingerprint density at radius 1 is 1.35 bits per heavy atom. The molecule has 0 fully saturated rings. The van der Waals surface area contributed by atoms with Crippen LogP contribution in [0, 0.1) is 5.92 Å². The molecule has 108 valence electrons. The highest BCUT2D eigenvalue weighted by Gasteiger charge is 2.19. The number of aromatic nitrogens is 4. The standard InChI is InChI=1S/C15H23N5/c1-12(2)9-15-18-13-10-16-4-3-14(13)20(15)8-7-19-6-5-17-11-19/h5-6,11-12,16H,3-4,7-10H2,1-2H3. The summed E-state index contributed by atoms with van der Waals surface area (Å²) in [7, 11) is 0. The van der Waals surface area contributed by atoms with Crippen LogP contribution in [0.15, 0.2) is 18.7 Å². The van der Waals surface area contributed by atoms with Crippen LogP contribution >= 0.6 is 0 Å². The number of nitrogens with one attached hydrogen (secondary N) is 1. The molecule has 0 spiro atoms. The van der Waals surface area contributed by atoms with E-state index < -0.39 is 0 Å². The topological polar surface area (TPSA) is 47.7 Å². The molecule has 2 aromatic rings. The Morgan fingerprint density at radius 3 is 3.00 bits per heavy atom. The van der Waals surface area contributed by atoms with Gasteiger partial charge < -0.3 is 14.5 Å². The largest absolute Gasteiger partial charge is 0.336 e. The molecule has 3 heterocycles. The zero-order chi connectivity index (χ0) is 13.9. The molecule has 0 aliphatic carbocycles. The first-order chi connectivity index (χ1) is 9.74. The number of rotatable bonds is 5. The van der Waals surface area contributed by atoms with Crippen LogP contribution in [-0.2, 0) is 32.5 Å². The molecule has 5 heteroatoms. The van der Waals surface area contributed by atoms with Crippen molar-refractivity contribution in [1.29, 1.82) is 0 Å². The van der Waals surface area contributed by atoms with Crippen molar-refractivity contribution in [2.75, 3.05) is 6.54 Å². The molecule has 0 saturated heterocycles. The third-order valence-electron chi connectivity index (χ3n) is 3.80. The van der Waals surface area contributed by atoms with E-state index in [4.69, 9.17) is 4.98 Å². The minimum absolute atomic E-state index is 0.638. The summed E-state index contributed by atoms with van der Waals surface area (Å²) < 4.78 is 4.57. The summed E-state index contributed by atoms with van der Waals surface area (Å²) in [4.78, 5) is 8.97. The van der Waals surface area contributed by atoms with Crippen LogP contribution in [0.1, 0.15) is 31.1 Å². The lowest BCUT2D eigenvalue weighted by atomic mass is 10.1. The van der Waals surface area contributed by atoms with Gasteiger partial charge in [0.25, 0.3) is 0 Å². The van der Waals surface area contributed by atoms with Crippen LogP contribution in [0.4, 0.5) is 0 Å². The molecule has 20 heavy (non-hydrogen) atoms. The maximum atomic E-state index is 4.87. The predicted octanol–water partition coefficient (Wildman–Crippen LogP) is 1.62. The molecule has 3 rings (SSSR count). The molecule has 1 N–H and O–H groups in total. The molecule has 1 aliphatic heterocycles. The van der Waals surface area contributed by atoms with Gasteiger partial charge in [0.2, 0.25) is 0 Å². The molecular weight excluding hydrogens is 250 g/mol. The number of aryl methyl sites for hydroxylation is 1. The fourth-order valence-corrected chi connectivity index (χ4v) is 2.85. The van der Waals surface area contributed by atoms with E-state index in [1.807, 2.05) is 18.7 Å². The second kappa shape index (κ2) is 5.79. The first-order valence-electron chi connectivity index (χ1n) is 7.47. The van der Waals surface area contributed by atoms with Crippen molar-refractivity contribution >= 4 is 0 Å². The van der Waals surface area contributed by atoms with Crippen molar-refractivity contribution in [2.24, 2.45) is 5.92 Å². The molecule has 0 bridgehead atoms. The van der Waals surface area contributed by atoms with Crippen LogP contribution in [0.25, 0.3) is 0 Å². The minimum Gasteiger partial charge on any atom is -0.336 e. The van der Waals surface area contributed by atoms with Crippen LogP contribution in [0.5, 0.6) is 0 Å². The third-order valence-corrected chi connectivity index (χ3v) is 3.80. The monoisotopic (exact) mass is 273 g/mol. The number of imidazole rings is 2. The van der Waals surface area contributed by atoms with Gasteiger partial charge in [-0.05, 0) is 5.92 Å². The molecular formula is C15H23N5. The molecule has 0 radical (unpaired) electrons. The summed E-state index contributed by atoms with van der Waals surface area (Å²) in [5.41, 5.74) is 2.68. The normalized spacial score (nSPS) is 14.8. The van der Waals surface area contributed by atoms with E-state index in [9.17, 15) is 0 Å². The Morgan fingerprint density at radius 2 is 2.25 bits per heavy atom. The van der Waals surface area contributed by atoms with Gasteiger partial charge in [-0.25, -0.2) is 9.97 Å². The summed E-state index contributed by atoms with van der Waals surface area (Å²) in [6.45, 7) is 8.43. The van der Waals surface area contributed by atoms with Gasteiger partial charge in [-0.3, -0.25) is 0 Å². The van der Waals surface area contributed by atoms with Gasteiger partial charge in [0.1, 0.15) is 5.82 Å². The van der Waals surface area contributed by atoms with Gasteiger partial charge in [-0.2, -0.15) is 0 Å². The second-order valence-electron chi connectivity index (χ2n) is 5.90. The lowest BCUT2D eigenvalue weighted by molar-refractivity contribution is 0.510. The van der Waals surface area contributed by atoms with E-state index in [2.05, 4.69) is 33.3 Å². The second-order valence-corrected chi connectivity index (χ2v) is 5.90. The highest BCUT2D eigenvalue weighted by molar-refractivity contribution is 5.20. The molecule has 0 atom stereocenters. The molecule has 0 amide bonds. The fourth-order valence-electron chi connectivity index (χ4n) is 2.85. The maximum Gasteiger partial charge on any atom is 0.109 e. The Kier molecular flexibility index (Phi) is 3.87. The van der Waals surface area contributed by atoms with Gasteiger partial charge in [-0.15, -0.1) is 0 Å². The number of nitrogens with zero attached hydrogens (tertiary/aromatic N) is 4. The molecule has 0 saturated carbocycles. The molecule has 0 unspecified atom stereocenters. The zero-order valence-corrected chi connectivity index (χ0v) is 12.3. The lowest BCUT2D eigenvalue weighted by Gasteiger charge is -2.17. The highest BCUT2D eigenvalue weighted by atomic mass is 15.1. The van der Waals surface area contributed by atoms with E-state index in [1.165, 1.54) is 17.2 Å². The first kappa shape index (κ1) is 13.4. The number of hydrogen-bond donors (Lipinski definition) is 1. The number of hydrogen-bond acceptors (Lipinski definition) is 3. The molecule has 2 aromatic heterocycles. The molecule has 5 nitrogen and oxygen atoms in total. The fraction of sp³-hybridized carbons (Fsp3) is 0.600. The summed E-state index contributed by atoms with van der Waals surface area (Å²) in [6.07, 6.45) is 7.88. The van der Waals surface area contributed by atoms with Gasteiger partial charge >= 0.3 is 0 Å². The Bertz CT molecular complexity index is 553. The van der Waals surface area contributed by atoms with Crippen LogP contribution in [-0.4, -0.2) is 25.6 Å². The quantitative estimate of drug-likeness (QED) is 0.900.